The second kappa shape index (κ2) is 4.75. The molecular formula is C15H17NOS. The van der Waals surface area contributed by atoms with E-state index in [2.05, 4.69) is 29.1 Å². The summed E-state index contributed by atoms with van der Waals surface area (Å²) < 4.78 is 0. The molecule has 0 radical (unpaired) electrons. The quantitative estimate of drug-likeness (QED) is 0.883. The summed E-state index contributed by atoms with van der Waals surface area (Å²) >= 11 is 1.76. The second-order valence-electron chi connectivity index (χ2n) is 4.94. The highest BCUT2D eigenvalue weighted by atomic mass is 32.1. The van der Waals surface area contributed by atoms with Gasteiger partial charge in [0.05, 0.1) is 0 Å². The van der Waals surface area contributed by atoms with Crippen LogP contribution >= 0.6 is 11.3 Å². The van der Waals surface area contributed by atoms with Crippen LogP contribution in [0.3, 0.4) is 0 Å². The highest BCUT2D eigenvalue weighted by Gasteiger charge is 2.22. The van der Waals surface area contributed by atoms with Gasteiger partial charge in [-0.1, -0.05) is 6.07 Å². The fourth-order valence-electron chi connectivity index (χ4n) is 2.62. The summed E-state index contributed by atoms with van der Waals surface area (Å²) in [5, 5.41) is 17.5. The lowest BCUT2D eigenvalue weighted by Gasteiger charge is -2.14. The van der Waals surface area contributed by atoms with E-state index in [1.807, 2.05) is 6.07 Å². The van der Waals surface area contributed by atoms with E-state index in [0.29, 0.717) is 11.8 Å². The van der Waals surface area contributed by atoms with Crippen LogP contribution in [-0.4, -0.2) is 5.11 Å². The molecule has 0 bridgehead atoms. The fourth-order valence-corrected chi connectivity index (χ4v) is 3.47. The van der Waals surface area contributed by atoms with Crippen molar-refractivity contribution in [3.05, 3.63) is 51.2 Å². The Kier molecular flexibility index (Phi) is 3.10. The molecule has 3 rings (SSSR count). The summed E-state index contributed by atoms with van der Waals surface area (Å²) in [5.41, 5.74) is 5.40. The van der Waals surface area contributed by atoms with Crippen LogP contribution in [0.4, 0.5) is 0 Å². The molecule has 0 saturated carbocycles. The molecule has 1 unspecified atom stereocenters. The standard InChI is InChI=1S/C15H17NOS/c1-10-8-18-9-12(10)7-16-15-5-2-11-6-13(17)3-4-14(11)15/h3-4,6,8-9,15-17H,2,5,7H2,1H3. The van der Waals surface area contributed by atoms with Crippen molar-refractivity contribution in [2.45, 2.75) is 32.4 Å². The molecule has 3 heteroatoms. The number of aromatic hydroxyl groups is 1. The van der Waals surface area contributed by atoms with Crippen molar-refractivity contribution in [1.82, 2.24) is 5.32 Å². The summed E-state index contributed by atoms with van der Waals surface area (Å²) in [6.07, 6.45) is 2.19. The minimum absolute atomic E-state index is 0.378. The Hall–Kier alpha value is -1.32. The van der Waals surface area contributed by atoms with Crippen LogP contribution in [0.1, 0.15) is 34.7 Å². The summed E-state index contributed by atoms with van der Waals surface area (Å²) in [5.74, 6) is 0.378. The molecule has 1 aromatic carbocycles. The van der Waals surface area contributed by atoms with Gasteiger partial charge in [-0.15, -0.1) is 0 Å². The van der Waals surface area contributed by atoms with E-state index < -0.39 is 0 Å². The monoisotopic (exact) mass is 259 g/mol. The number of rotatable bonds is 3. The maximum Gasteiger partial charge on any atom is 0.115 e. The van der Waals surface area contributed by atoms with Crippen molar-refractivity contribution in [2.24, 2.45) is 0 Å². The van der Waals surface area contributed by atoms with Crippen molar-refractivity contribution in [1.29, 1.82) is 0 Å². The van der Waals surface area contributed by atoms with Gasteiger partial charge in [-0.05, 0) is 64.9 Å². The summed E-state index contributed by atoms with van der Waals surface area (Å²) in [4.78, 5) is 0. The lowest BCUT2D eigenvalue weighted by Crippen LogP contribution is -2.18. The summed E-state index contributed by atoms with van der Waals surface area (Å²) in [6, 6.07) is 6.16. The number of hydrogen-bond donors (Lipinski definition) is 2. The van der Waals surface area contributed by atoms with Gasteiger partial charge in [-0.25, -0.2) is 0 Å². The largest absolute Gasteiger partial charge is 0.508 e. The van der Waals surface area contributed by atoms with Gasteiger partial charge in [0, 0.05) is 12.6 Å². The van der Waals surface area contributed by atoms with Gasteiger partial charge < -0.3 is 10.4 Å². The molecule has 94 valence electrons. The molecule has 2 nitrogen and oxygen atoms in total. The van der Waals surface area contributed by atoms with Gasteiger partial charge in [0.1, 0.15) is 5.75 Å². The first-order valence-electron chi connectivity index (χ1n) is 6.31. The number of phenols is 1. The van der Waals surface area contributed by atoms with Crippen LogP contribution in [0, 0.1) is 6.92 Å². The first kappa shape index (κ1) is 11.8. The third-order valence-electron chi connectivity index (χ3n) is 3.70. The lowest BCUT2D eigenvalue weighted by atomic mass is 10.1. The van der Waals surface area contributed by atoms with Crippen LogP contribution in [0.25, 0.3) is 0 Å². The molecular weight excluding hydrogens is 242 g/mol. The van der Waals surface area contributed by atoms with Gasteiger partial charge in [0.15, 0.2) is 0 Å². The van der Waals surface area contributed by atoms with Gasteiger partial charge in [0.25, 0.3) is 0 Å². The van der Waals surface area contributed by atoms with Crippen LogP contribution < -0.4 is 5.32 Å². The maximum absolute atomic E-state index is 9.48. The molecule has 1 atom stereocenters. The van der Waals surface area contributed by atoms with Crippen LogP contribution in [0.2, 0.25) is 0 Å². The Morgan fingerprint density at radius 3 is 3.06 bits per heavy atom. The van der Waals surface area contributed by atoms with Gasteiger partial charge in [-0.3, -0.25) is 0 Å². The van der Waals surface area contributed by atoms with Crippen molar-refractivity contribution >= 4 is 11.3 Å². The molecule has 2 N–H and O–H groups in total. The summed E-state index contributed by atoms with van der Waals surface area (Å²) in [7, 11) is 0. The Bertz CT molecular complexity index is 561. The molecule has 1 heterocycles. The highest BCUT2D eigenvalue weighted by molar-refractivity contribution is 7.08. The number of nitrogens with one attached hydrogen (secondary N) is 1. The zero-order valence-corrected chi connectivity index (χ0v) is 11.3. The Morgan fingerprint density at radius 2 is 2.28 bits per heavy atom. The molecule has 0 fully saturated rings. The third kappa shape index (κ3) is 2.16. The second-order valence-corrected chi connectivity index (χ2v) is 5.68. The first-order valence-corrected chi connectivity index (χ1v) is 7.25. The minimum Gasteiger partial charge on any atom is -0.508 e. The number of fused-ring (bicyclic) bond motifs is 1. The van der Waals surface area contributed by atoms with E-state index in [1.165, 1.54) is 22.3 Å². The summed E-state index contributed by atoms with van der Waals surface area (Å²) in [6.45, 7) is 3.09. The Labute approximate surface area is 111 Å². The molecule has 1 aliphatic rings. The SMILES string of the molecule is Cc1cscc1CNC1CCc2cc(O)ccc21. The number of hydrogen-bond acceptors (Lipinski definition) is 3. The fraction of sp³-hybridized carbons (Fsp3) is 0.333. The number of aryl methyl sites for hydroxylation is 2. The van der Waals surface area contributed by atoms with Gasteiger partial charge in [-0.2, -0.15) is 11.3 Å². The average Bonchev–Trinajstić information content (AvgIpc) is 2.93. The zero-order valence-electron chi connectivity index (χ0n) is 10.4. The van der Waals surface area contributed by atoms with Crippen molar-refractivity contribution in [3.63, 3.8) is 0 Å². The molecule has 0 aliphatic heterocycles. The van der Waals surface area contributed by atoms with E-state index in [9.17, 15) is 5.11 Å². The van der Waals surface area contributed by atoms with E-state index in [1.54, 1.807) is 17.4 Å². The van der Waals surface area contributed by atoms with Crippen LogP contribution in [-0.2, 0) is 13.0 Å². The molecule has 0 spiro atoms. The third-order valence-corrected chi connectivity index (χ3v) is 4.62. The zero-order chi connectivity index (χ0) is 12.5. The van der Waals surface area contributed by atoms with Gasteiger partial charge >= 0.3 is 0 Å². The number of thiophene rings is 1. The van der Waals surface area contributed by atoms with E-state index in [4.69, 9.17) is 0 Å². The van der Waals surface area contributed by atoms with Crippen LogP contribution in [0.5, 0.6) is 5.75 Å². The molecule has 0 saturated heterocycles. The van der Waals surface area contributed by atoms with Crippen LogP contribution in [0.15, 0.2) is 29.0 Å². The highest BCUT2D eigenvalue weighted by Crippen LogP contribution is 2.33. The Morgan fingerprint density at radius 1 is 1.39 bits per heavy atom. The molecule has 18 heavy (non-hydrogen) atoms. The lowest BCUT2D eigenvalue weighted by molar-refractivity contribution is 0.474. The predicted octanol–water partition coefficient (Wildman–Crippen LogP) is 3.54. The molecule has 0 amide bonds. The molecule has 1 aliphatic carbocycles. The normalized spacial score (nSPS) is 17.9. The van der Waals surface area contributed by atoms with Crippen molar-refractivity contribution < 1.29 is 5.11 Å². The molecule has 2 aromatic rings. The predicted molar refractivity (Wildman–Crippen MR) is 75.1 cm³/mol. The maximum atomic E-state index is 9.48. The Balaban J connectivity index is 1.71. The van der Waals surface area contributed by atoms with Gasteiger partial charge in [0.2, 0.25) is 0 Å². The number of phenolic OH excluding ortho intramolecular Hbond substituents is 1. The smallest absolute Gasteiger partial charge is 0.115 e. The number of benzene rings is 1. The first-order chi connectivity index (χ1) is 8.74. The average molecular weight is 259 g/mol. The molecule has 1 aromatic heterocycles. The van der Waals surface area contributed by atoms with E-state index >= 15 is 0 Å². The van der Waals surface area contributed by atoms with E-state index in [0.717, 1.165) is 19.4 Å². The minimum atomic E-state index is 0.378. The topological polar surface area (TPSA) is 32.3 Å². The van der Waals surface area contributed by atoms with E-state index in [-0.39, 0.29) is 0 Å². The van der Waals surface area contributed by atoms with Crippen molar-refractivity contribution in [3.8, 4) is 5.75 Å². The van der Waals surface area contributed by atoms with Crippen molar-refractivity contribution in [2.75, 3.05) is 0 Å².